The van der Waals surface area contributed by atoms with Crippen molar-refractivity contribution in [2.24, 2.45) is 0 Å². The lowest BCUT2D eigenvalue weighted by atomic mass is 10.1. The number of nitrogens with one attached hydrogen (secondary N) is 1. The maximum absolute atomic E-state index is 12.9. The highest BCUT2D eigenvalue weighted by molar-refractivity contribution is 5.84. The highest BCUT2D eigenvalue weighted by Crippen LogP contribution is 2.37. The molecule has 0 bridgehead atoms. The summed E-state index contributed by atoms with van der Waals surface area (Å²) in [7, 11) is 0. The molecule has 1 amide bonds. The smallest absolute Gasteiger partial charge is 0.335 e. The largest absolute Gasteiger partial charge is 0.463 e. The Bertz CT molecular complexity index is 348. The SMILES string of the molecule is O=C(N1CCN(C2CNC2)CC1)C(F)(F)C(F)(F)F. The molecule has 2 aliphatic rings. The molecule has 0 atom stereocenters. The van der Waals surface area contributed by atoms with Crippen molar-refractivity contribution in [2.45, 2.75) is 18.1 Å². The second-order valence-electron chi connectivity index (χ2n) is 4.71. The van der Waals surface area contributed by atoms with Crippen LogP contribution in [0.5, 0.6) is 0 Å². The number of piperazine rings is 1. The maximum Gasteiger partial charge on any atom is 0.463 e. The molecular weight excluding hydrogens is 273 g/mol. The minimum absolute atomic E-state index is 0.0962. The van der Waals surface area contributed by atoms with E-state index in [1.807, 2.05) is 4.90 Å². The Labute approximate surface area is 106 Å². The predicted octanol–water partition coefficient (Wildman–Crippen LogP) is 0.300. The van der Waals surface area contributed by atoms with E-state index >= 15 is 0 Å². The second-order valence-corrected chi connectivity index (χ2v) is 4.71. The highest BCUT2D eigenvalue weighted by atomic mass is 19.4. The zero-order valence-corrected chi connectivity index (χ0v) is 10.0. The van der Waals surface area contributed by atoms with Crippen LogP contribution in [0.1, 0.15) is 0 Å². The molecule has 2 fully saturated rings. The molecule has 0 aromatic heterocycles. The van der Waals surface area contributed by atoms with Crippen molar-refractivity contribution in [3.63, 3.8) is 0 Å². The van der Waals surface area contributed by atoms with Gasteiger partial charge in [0.2, 0.25) is 0 Å². The van der Waals surface area contributed by atoms with Crippen LogP contribution in [0.2, 0.25) is 0 Å². The van der Waals surface area contributed by atoms with Crippen LogP contribution in [-0.2, 0) is 4.79 Å². The number of hydrogen-bond donors (Lipinski definition) is 1. The number of halogens is 5. The van der Waals surface area contributed by atoms with Crippen LogP contribution in [0.25, 0.3) is 0 Å². The van der Waals surface area contributed by atoms with Crippen LogP contribution in [0.15, 0.2) is 0 Å². The van der Waals surface area contributed by atoms with Gasteiger partial charge in [0.1, 0.15) is 0 Å². The number of carbonyl (C=O) groups excluding carboxylic acids is 1. The Kier molecular flexibility index (Phi) is 3.69. The van der Waals surface area contributed by atoms with E-state index in [2.05, 4.69) is 5.32 Å². The first-order valence-electron chi connectivity index (χ1n) is 5.92. The lowest BCUT2D eigenvalue weighted by Crippen LogP contribution is -2.63. The lowest BCUT2D eigenvalue weighted by molar-refractivity contribution is -0.275. The number of nitrogens with zero attached hydrogens (tertiary/aromatic N) is 2. The van der Waals surface area contributed by atoms with Gasteiger partial charge in [-0.1, -0.05) is 0 Å². The first-order valence-corrected chi connectivity index (χ1v) is 5.92. The fourth-order valence-corrected chi connectivity index (χ4v) is 2.14. The van der Waals surface area contributed by atoms with E-state index in [1.54, 1.807) is 0 Å². The third kappa shape index (κ3) is 2.66. The molecule has 0 unspecified atom stereocenters. The first-order chi connectivity index (χ1) is 8.73. The molecule has 2 rings (SSSR count). The second kappa shape index (κ2) is 4.86. The third-order valence-corrected chi connectivity index (χ3v) is 3.50. The van der Waals surface area contributed by atoms with E-state index in [-0.39, 0.29) is 13.1 Å². The van der Waals surface area contributed by atoms with Gasteiger partial charge in [0.15, 0.2) is 0 Å². The monoisotopic (exact) mass is 287 g/mol. The van der Waals surface area contributed by atoms with E-state index in [9.17, 15) is 26.7 Å². The summed E-state index contributed by atoms with van der Waals surface area (Å²) < 4.78 is 62.1. The number of carbonyl (C=O) groups is 1. The van der Waals surface area contributed by atoms with Crippen molar-refractivity contribution in [3.8, 4) is 0 Å². The summed E-state index contributed by atoms with van der Waals surface area (Å²) in [6.07, 6.45) is -5.83. The Hall–Kier alpha value is -0.960. The molecule has 0 aromatic carbocycles. The molecule has 0 aromatic rings. The van der Waals surface area contributed by atoms with Crippen molar-refractivity contribution < 1.29 is 26.7 Å². The van der Waals surface area contributed by atoms with Crippen LogP contribution in [0.3, 0.4) is 0 Å². The summed E-state index contributed by atoms with van der Waals surface area (Å²) in [6.45, 7) is 2.03. The van der Waals surface area contributed by atoms with Crippen LogP contribution in [0.4, 0.5) is 22.0 Å². The summed E-state index contributed by atoms with van der Waals surface area (Å²) in [6, 6.07) is 0.292. The molecule has 4 nitrogen and oxygen atoms in total. The molecule has 9 heteroatoms. The number of amides is 1. The highest BCUT2D eigenvalue weighted by Gasteiger charge is 2.64. The third-order valence-electron chi connectivity index (χ3n) is 3.50. The predicted molar refractivity (Wildman–Crippen MR) is 55.8 cm³/mol. The van der Waals surface area contributed by atoms with Gasteiger partial charge >= 0.3 is 18.0 Å². The molecule has 0 aliphatic carbocycles. The van der Waals surface area contributed by atoms with Gasteiger partial charge in [-0.2, -0.15) is 22.0 Å². The van der Waals surface area contributed by atoms with Gasteiger partial charge < -0.3 is 10.2 Å². The maximum atomic E-state index is 12.9. The Morgan fingerprint density at radius 2 is 1.53 bits per heavy atom. The minimum atomic E-state index is -5.83. The molecule has 0 radical (unpaired) electrons. The number of alkyl halides is 5. The fourth-order valence-electron chi connectivity index (χ4n) is 2.14. The van der Waals surface area contributed by atoms with Crippen LogP contribution < -0.4 is 5.32 Å². The molecular formula is C10H14F5N3O. The molecule has 2 heterocycles. The van der Waals surface area contributed by atoms with Crippen LogP contribution in [0, 0.1) is 0 Å². The summed E-state index contributed by atoms with van der Waals surface area (Å²) in [5, 5.41) is 3.05. The number of rotatable bonds is 2. The average Bonchev–Trinajstić information content (AvgIpc) is 2.25. The van der Waals surface area contributed by atoms with Gasteiger partial charge in [-0.3, -0.25) is 9.69 Å². The molecule has 110 valence electrons. The van der Waals surface area contributed by atoms with Gasteiger partial charge in [0, 0.05) is 45.3 Å². The molecule has 0 spiro atoms. The molecule has 2 saturated heterocycles. The van der Waals surface area contributed by atoms with E-state index in [4.69, 9.17) is 0 Å². The van der Waals surface area contributed by atoms with Gasteiger partial charge in [0.25, 0.3) is 0 Å². The molecule has 1 N–H and O–H groups in total. The summed E-state index contributed by atoms with van der Waals surface area (Å²) in [4.78, 5) is 13.8. The van der Waals surface area contributed by atoms with Crippen molar-refractivity contribution in [3.05, 3.63) is 0 Å². The Balaban J connectivity index is 1.92. The quantitative estimate of drug-likeness (QED) is 0.742. The zero-order chi connectivity index (χ0) is 14.3. The van der Waals surface area contributed by atoms with Crippen molar-refractivity contribution in [2.75, 3.05) is 39.3 Å². The Morgan fingerprint density at radius 1 is 1.00 bits per heavy atom. The molecule has 0 saturated carbocycles. The van der Waals surface area contributed by atoms with E-state index < -0.39 is 18.0 Å². The zero-order valence-electron chi connectivity index (χ0n) is 10.0. The van der Waals surface area contributed by atoms with Gasteiger partial charge in [-0.05, 0) is 0 Å². The Morgan fingerprint density at radius 3 is 1.89 bits per heavy atom. The van der Waals surface area contributed by atoms with Crippen LogP contribution >= 0.6 is 0 Å². The van der Waals surface area contributed by atoms with Crippen molar-refractivity contribution in [1.29, 1.82) is 0 Å². The molecule has 2 aliphatic heterocycles. The number of hydrogen-bond acceptors (Lipinski definition) is 3. The van der Waals surface area contributed by atoms with E-state index in [1.165, 1.54) is 0 Å². The van der Waals surface area contributed by atoms with Crippen LogP contribution in [-0.4, -0.2) is 73.1 Å². The fraction of sp³-hybridized carbons (Fsp3) is 0.900. The summed E-state index contributed by atoms with van der Waals surface area (Å²) in [5.74, 6) is -7.45. The molecule has 19 heavy (non-hydrogen) atoms. The van der Waals surface area contributed by atoms with Crippen molar-refractivity contribution >= 4 is 5.91 Å². The standard InChI is InChI=1S/C10H14F5N3O/c11-9(12,10(13,14)15)8(19)18-3-1-17(2-4-18)7-5-16-6-7/h7,16H,1-6H2. The van der Waals surface area contributed by atoms with E-state index in [0.29, 0.717) is 24.0 Å². The summed E-state index contributed by atoms with van der Waals surface area (Å²) in [5.41, 5.74) is 0. The van der Waals surface area contributed by atoms with E-state index in [0.717, 1.165) is 13.1 Å². The van der Waals surface area contributed by atoms with Gasteiger partial charge in [-0.25, -0.2) is 0 Å². The van der Waals surface area contributed by atoms with Gasteiger partial charge in [-0.15, -0.1) is 0 Å². The average molecular weight is 287 g/mol. The lowest BCUT2D eigenvalue weighted by Gasteiger charge is -2.43. The topological polar surface area (TPSA) is 35.6 Å². The summed E-state index contributed by atoms with van der Waals surface area (Å²) >= 11 is 0. The van der Waals surface area contributed by atoms with Crippen molar-refractivity contribution in [1.82, 2.24) is 15.1 Å². The first kappa shape index (κ1) is 14.4. The minimum Gasteiger partial charge on any atom is -0.335 e. The normalized spacial score (nSPS) is 23.3. The van der Waals surface area contributed by atoms with Gasteiger partial charge in [0.05, 0.1) is 0 Å².